The fourth-order valence-corrected chi connectivity index (χ4v) is 7.19. The first-order chi connectivity index (χ1) is 27.7. The van der Waals surface area contributed by atoms with Crippen molar-refractivity contribution < 1.29 is 38.2 Å². The molecule has 1 saturated carbocycles. The topological polar surface area (TPSA) is 221 Å². The molecule has 16 nitrogen and oxygen atoms in total. The number of hydrogen-bond acceptors (Lipinski definition) is 9. The molecule has 17 heteroatoms. The SMILES string of the molecule is CC(C)(C)OC(=O)NCC1CCC(C(=O)N[C@@H](Cc2ccc(-c3cccc(C(=O)N[C@@H]4CCN(C(=O)O)C4)c3F)cc2)C(=O)Nc2ccc(-c3nn[nH]n3)cc2)CC1. The molecule has 1 aliphatic heterocycles. The van der Waals surface area contributed by atoms with Crippen molar-refractivity contribution in [3.63, 3.8) is 0 Å². The summed E-state index contributed by atoms with van der Waals surface area (Å²) in [4.78, 5) is 65.1. The van der Waals surface area contributed by atoms with Crippen molar-refractivity contribution >= 4 is 35.6 Å². The number of benzene rings is 3. The highest BCUT2D eigenvalue weighted by atomic mass is 19.1. The molecule has 0 radical (unpaired) electrons. The Labute approximate surface area is 334 Å². The summed E-state index contributed by atoms with van der Waals surface area (Å²) in [5.41, 5.74) is 1.83. The highest BCUT2D eigenvalue weighted by Crippen LogP contribution is 2.30. The molecule has 306 valence electrons. The number of carbonyl (C=O) groups is 5. The molecule has 5 amide bonds. The zero-order valence-corrected chi connectivity index (χ0v) is 32.6. The molecule has 3 aromatic carbocycles. The number of nitrogens with one attached hydrogen (secondary N) is 5. The van der Waals surface area contributed by atoms with E-state index >= 15 is 4.39 Å². The monoisotopic (exact) mass is 797 g/mol. The molecular weight excluding hydrogens is 750 g/mol. The third kappa shape index (κ3) is 10.9. The number of rotatable bonds is 12. The van der Waals surface area contributed by atoms with Gasteiger partial charge in [0.2, 0.25) is 17.6 Å². The maximum atomic E-state index is 15.8. The highest BCUT2D eigenvalue weighted by molar-refractivity contribution is 5.98. The summed E-state index contributed by atoms with van der Waals surface area (Å²) < 4.78 is 21.1. The molecular formula is C41H48FN9O7. The van der Waals surface area contributed by atoms with Crippen molar-refractivity contribution in [3.05, 3.63) is 83.7 Å². The lowest BCUT2D eigenvalue weighted by Gasteiger charge is -2.29. The Balaban J connectivity index is 1.12. The second-order valence-corrected chi connectivity index (χ2v) is 15.7. The van der Waals surface area contributed by atoms with Crippen LogP contribution in [0, 0.1) is 17.7 Å². The minimum absolute atomic E-state index is 0.132. The van der Waals surface area contributed by atoms with Gasteiger partial charge in [-0.05, 0) is 105 Å². The van der Waals surface area contributed by atoms with Gasteiger partial charge in [-0.1, -0.05) is 36.4 Å². The summed E-state index contributed by atoms with van der Waals surface area (Å²) >= 11 is 0. The van der Waals surface area contributed by atoms with Gasteiger partial charge in [-0.15, -0.1) is 10.2 Å². The molecule has 1 aromatic heterocycles. The third-order valence-corrected chi connectivity index (χ3v) is 10.3. The molecule has 6 rings (SSSR count). The van der Waals surface area contributed by atoms with Crippen LogP contribution < -0.4 is 21.3 Å². The molecule has 0 bridgehead atoms. The van der Waals surface area contributed by atoms with Crippen LogP contribution in [0.4, 0.5) is 19.7 Å². The van der Waals surface area contributed by atoms with E-state index in [1.54, 1.807) is 81.4 Å². The molecule has 0 spiro atoms. The van der Waals surface area contributed by atoms with Gasteiger partial charge in [-0.25, -0.2) is 14.0 Å². The number of hydrogen-bond donors (Lipinski definition) is 6. The normalized spacial score (nSPS) is 18.5. The Bertz CT molecular complexity index is 2080. The van der Waals surface area contributed by atoms with Crippen molar-refractivity contribution in [2.75, 3.05) is 25.0 Å². The Morgan fingerprint density at radius 3 is 2.29 bits per heavy atom. The first-order valence-electron chi connectivity index (χ1n) is 19.3. The van der Waals surface area contributed by atoms with Gasteiger partial charge >= 0.3 is 12.2 Å². The molecule has 4 aromatic rings. The average Bonchev–Trinajstić information content (AvgIpc) is 3.91. The van der Waals surface area contributed by atoms with E-state index in [2.05, 4.69) is 41.9 Å². The first kappa shape index (κ1) is 41.2. The van der Waals surface area contributed by atoms with Crippen LogP contribution in [0.15, 0.2) is 66.7 Å². The van der Waals surface area contributed by atoms with Crippen LogP contribution >= 0.6 is 0 Å². The number of halogens is 1. The summed E-state index contributed by atoms with van der Waals surface area (Å²) in [6, 6.07) is 16.9. The average molecular weight is 798 g/mol. The van der Waals surface area contributed by atoms with E-state index in [1.165, 1.54) is 11.0 Å². The van der Waals surface area contributed by atoms with Crippen LogP contribution in [0.2, 0.25) is 0 Å². The third-order valence-electron chi connectivity index (χ3n) is 10.3. The number of alkyl carbamates (subject to hydrolysis) is 1. The van der Waals surface area contributed by atoms with Crippen molar-refractivity contribution in [1.29, 1.82) is 0 Å². The Hall–Kier alpha value is -6.39. The van der Waals surface area contributed by atoms with Crippen LogP contribution in [0.25, 0.3) is 22.5 Å². The quantitative estimate of drug-likeness (QED) is 0.111. The number of carbonyl (C=O) groups excluding carboxylic acids is 4. The lowest BCUT2D eigenvalue weighted by atomic mass is 9.81. The number of aromatic amines is 1. The van der Waals surface area contributed by atoms with Crippen LogP contribution in [0.1, 0.15) is 68.8 Å². The number of nitrogens with zero attached hydrogens (tertiary/aromatic N) is 4. The van der Waals surface area contributed by atoms with Crippen LogP contribution in [0.3, 0.4) is 0 Å². The summed E-state index contributed by atoms with van der Waals surface area (Å²) in [7, 11) is 0. The van der Waals surface area contributed by atoms with Crippen molar-refractivity contribution in [2.24, 2.45) is 11.8 Å². The fraction of sp³-hybridized carbons (Fsp3) is 0.415. The lowest BCUT2D eigenvalue weighted by Crippen LogP contribution is -2.48. The van der Waals surface area contributed by atoms with E-state index in [-0.39, 0.29) is 48.4 Å². The predicted molar refractivity (Wildman–Crippen MR) is 211 cm³/mol. The number of H-pyrrole nitrogens is 1. The van der Waals surface area contributed by atoms with E-state index in [9.17, 15) is 29.1 Å². The molecule has 6 N–H and O–H groups in total. The minimum Gasteiger partial charge on any atom is -0.465 e. The van der Waals surface area contributed by atoms with Crippen molar-refractivity contribution in [3.8, 4) is 22.5 Å². The number of aromatic nitrogens is 4. The molecule has 58 heavy (non-hydrogen) atoms. The molecule has 1 aliphatic carbocycles. The predicted octanol–water partition coefficient (Wildman–Crippen LogP) is 5.15. The zero-order chi connectivity index (χ0) is 41.4. The van der Waals surface area contributed by atoms with Gasteiger partial charge in [0, 0.05) is 54.8 Å². The molecule has 2 aliphatic rings. The highest BCUT2D eigenvalue weighted by Gasteiger charge is 2.31. The summed E-state index contributed by atoms with van der Waals surface area (Å²) in [5.74, 6) is -1.75. The molecule has 2 heterocycles. The summed E-state index contributed by atoms with van der Waals surface area (Å²) in [6.45, 7) is 6.27. The number of likely N-dealkylation sites (tertiary alicyclic amines) is 1. The van der Waals surface area contributed by atoms with Gasteiger partial charge < -0.3 is 36.0 Å². The first-order valence-corrected chi connectivity index (χ1v) is 19.3. The van der Waals surface area contributed by atoms with Gasteiger partial charge in [0.05, 0.1) is 5.56 Å². The van der Waals surface area contributed by atoms with E-state index in [0.29, 0.717) is 54.0 Å². The van der Waals surface area contributed by atoms with Crippen LogP contribution in [-0.4, -0.2) is 97.9 Å². The van der Waals surface area contributed by atoms with Crippen molar-refractivity contribution in [1.82, 2.24) is 41.5 Å². The van der Waals surface area contributed by atoms with Crippen LogP contribution in [-0.2, 0) is 20.7 Å². The molecule has 2 fully saturated rings. The van der Waals surface area contributed by atoms with Gasteiger partial charge in [-0.3, -0.25) is 14.4 Å². The lowest BCUT2D eigenvalue weighted by molar-refractivity contribution is -0.130. The zero-order valence-electron chi connectivity index (χ0n) is 32.6. The van der Waals surface area contributed by atoms with Gasteiger partial charge in [0.25, 0.3) is 5.91 Å². The van der Waals surface area contributed by atoms with Crippen LogP contribution in [0.5, 0.6) is 0 Å². The maximum absolute atomic E-state index is 15.8. The van der Waals surface area contributed by atoms with E-state index in [0.717, 1.165) is 12.8 Å². The summed E-state index contributed by atoms with van der Waals surface area (Å²) in [5, 5.41) is 34.6. The number of tetrazole rings is 1. The standard InChI is InChI=1S/C41H48FN9O7/c1-41(2,3)58-39(55)43-22-25-9-13-28(14-10-25)36(52)46-33(38(54)44-29-17-15-27(16-18-29)35-47-49-50-48-35)21-24-7-11-26(12-8-24)31-5-4-6-32(34(31)42)37(53)45-30-19-20-51(23-30)40(56)57/h4-8,11-12,15-18,25,28,30,33H,9-10,13-14,19-23H2,1-3H3,(H,43,55)(H,44,54)(H,45,53)(H,46,52)(H,56,57)(H,47,48,49,50)/t25?,28?,30-,33+/m1/s1. The van der Waals surface area contributed by atoms with E-state index < -0.39 is 47.5 Å². The number of anilines is 1. The van der Waals surface area contributed by atoms with E-state index in [4.69, 9.17) is 4.74 Å². The number of carboxylic acid groups (broad SMARTS) is 1. The Morgan fingerprint density at radius 1 is 0.948 bits per heavy atom. The Morgan fingerprint density at radius 2 is 1.66 bits per heavy atom. The molecule has 2 atom stereocenters. The fourth-order valence-electron chi connectivity index (χ4n) is 7.19. The number of amides is 5. The summed E-state index contributed by atoms with van der Waals surface area (Å²) in [6.07, 6.45) is 1.66. The smallest absolute Gasteiger partial charge is 0.407 e. The van der Waals surface area contributed by atoms with Gasteiger partial charge in [0.15, 0.2) is 0 Å². The van der Waals surface area contributed by atoms with Gasteiger partial charge in [-0.2, -0.15) is 5.21 Å². The molecule has 1 saturated heterocycles. The number of ether oxygens (including phenoxy) is 1. The minimum atomic E-state index is -1.07. The van der Waals surface area contributed by atoms with Crippen molar-refractivity contribution in [2.45, 2.75) is 77.0 Å². The maximum Gasteiger partial charge on any atom is 0.407 e. The van der Waals surface area contributed by atoms with E-state index in [1.807, 2.05) is 0 Å². The molecule has 0 unspecified atom stereocenters. The van der Waals surface area contributed by atoms with Gasteiger partial charge in [0.1, 0.15) is 17.5 Å². The second-order valence-electron chi connectivity index (χ2n) is 15.7. The second kappa shape index (κ2) is 18.3. The Kier molecular flexibility index (Phi) is 13.0. The largest absolute Gasteiger partial charge is 0.465 e.